The summed E-state index contributed by atoms with van der Waals surface area (Å²) in [6, 6.07) is 7.45. The van der Waals surface area contributed by atoms with Gasteiger partial charge in [-0.1, -0.05) is 23.5 Å². The first-order valence-corrected chi connectivity index (χ1v) is 9.61. The molecule has 0 spiro atoms. The highest BCUT2D eigenvalue weighted by atomic mass is 32.1. The SMILES string of the molecule is COc1ccc(COc2nc(N)nc3c2sc(=O)n3[C@H]2CC[C@@H](CO)O2)cc1. The lowest BCUT2D eigenvalue weighted by Crippen LogP contribution is -2.21. The summed E-state index contributed by atoms with van der Waals surface area (Å²) < 4.78 is 18.7. The third kappa shape index (κ3) is 3.53. The van der Waals surface area contributed by atoms with E-state index in [0.717, 1.165) is 22.6 Å². The van der Waals surface area contributed by atoms with E-state index in [1.54, 1.807) is 7.11 Å². The van der Waals surface area contributed by atoms with Gasteiger partial charge < -0.3 is 25.1 Å². The number of anilines is 1. The van der Waals surface area contributed by atoms with Gasteiger partial charge in [0, 0.05) is 0 Å². The zero-order valence-corrected chi connectivity index (χ0v) is 16.0. The maximum Gasteiger partial charge on any atom is 0.311 e. The van der Waals surface area contributed by atoms with Crippen molar-refractivity contribution in [1.82, 2.24) is 14.5 Å². The van der Waals surface area contributed by atoms with Crippen molar-refractivity contribution < 1.29 is 19.3 Å². The van der Waals surface area contributed by atoms with Crippen molar-refractivity contribution >= 4 is 27.6 Å². The first kappa shape index (κ1) is 18.7. The minimum atomic E-state index is -0.484. The number of benzene rings is 1. The van der Waals surface area contributed by atoms with Crippen molar-refractivity contribution in [1.29, 1.82) is 0 Å². The number of aliphatic hydroxyl groups is 1. The Labute approximate surface area is 164 Å². The van der Waals surface area contributed by atoms with Gasteiger partial charge in [0.15, 0.2) is 5.65 Å². The second-order valence-corrected chi connectivity index (χ2v) is 7.35. The number of rotatable bonds is 6. The van der Waals surface area contributed by atoms with E-state index in [1.165, 1.54) is 4.57 Å². The van der Waals surface area contributed by atoms with Crippen LogP contribution in [0.15, 0.2) is 29.1 Å². The molecule has 0 aliphatic carbocycles. The van der Waals surface area contributed by atoms with Crippen LogP contribution in [0.25, 0.3) is 10.3 Å². The number of hydrogen-bond donors (Lipinski definition) is 2. The van der Waals surface area contributed by atoms with Crippen molar-refractivity contribution in [2.24, 2.45) is 0 Å². The van der Waals surface area contributed by atoms with E-state index in [-0.39, 0.29) is 36.0 Å². The molecule has 1 saturated heterocycles. The lowest BCUT2D eigenvalue weighted by atomic mass is 10.2. The first-order valence-electron chi connectivity index (χ1n) is 8.79. The number of thiazole rings is 1. The number of nitrogen functional groups attached to an aromatic ring is 1. The number of aliphatic hydroxyl groups excluding tert-OH is 1. The molecule has 4 rings (SSSR count). The summed E-state index contributed by atoms with van der Waals surface area (Å²) in [6.45, 7) is 0.175. The molecular weight excluding hydrogens is 384 g/mol. The zero-order chi connectivity index (χ0) is 19.7. The normalized spacial score (nSPS) is 19.2. The molecule has 2 aromatic heterocycles. The number of nitrogens with two attached hydrogens (primary N) is 1. The van der Waals surface area contributed by atoms with Crippen molar-refractivity contribution in [3.63, 3.8) is 0 Å². The van der Waals surface area contributed by atoms with Crippen LogP contribution in [0, 0.1) is 0 Å². The topological polar surface area (TPSA) is 122 Å². The number of ether oxygens (including phenoxy) is 3. The average Bonchev–Trinajstić information content (AvgIpc) is 3.29. The van der Waals surface area contributed by atoms with Crippen LogP contribution in [0.4, 0.5) is 5.95 Å². The summed E-state index contributed by atoms with van der Waals surface area (Å²) >= 11 is 0.990. The van der Waals surface area contributed by atoms with Crippen molar-refractivity contribution in [2.45, 2.75) is 31.8 Å². The molecule has 28 heavy (non-hydrogen) atoms. The molecule has 0 radical (unpaired) electrons. The van der Waals surface area contributed by atoms with Gasteiger partial charge in [-0.15, -0.1) is 0 Å². The Bertz CT molecular complexity index is 1030. The van der Waals surface area contributed by atoms with E-state index in [9.17, 15) is 9.90 Å². The Balaban J connectivity index is 1.64. The Hall–Kier alpha value is -2.69. The monoisotopic (exact) mass is 404 g/mol. The molecule has 9 nitrogen and oxygen atoms in total. The Morgan fingerprint density at radius 1 is 1.32 bits per heavy atom. The maximum absolute atomic E-state index is 12.6. The van der Waals surface area contributed by atoms with E-state index < -0.39 is 6.23 Å². The molecule has 1 fully saturated rings. The van der Waals surface area contributed by atoms with Gasteiger partial charge in [-0.3, -0.25) is 9.36 Å². The third-order valence-corrected chi connectivity index (χ3v) is 5.49. The molecule has 3 heterocycles. The minimum absolute atomic E-state index is 0.0143. The Morgan fingerprint density at radius 3 is 2.79 bits per heavy atom. The number of aromatic nitrogens is 3. The highest BCUT2D eigenvalue weighted by Gasteiger charge is 2.30. The average molecular weight is 404 g/mol. The van der Waals surface area contributed by atoms with Gasteiger partial charge in [-0.05, 0) is 30.5 Å². The summed E-state index contributed by atoms with van der Waals surface area (Å²) in [7, 11) is 1.61. The summed E-state index contributed by atoms with van der Waals surface area (Å²) in [5.41, 5.74) is 7.16. The van der Waals surface area contributed by atoms with E-state index in [4.69, 9.17) is 19.9 Å². The second-order valence-electron chi connectivity index (χ2n) is 6.39. The molecule has 148 valence electrons. The van der Waals surface area contributed by atoms with Gasteiger partial charge in [0.25, 0.3) is 0 Å². The third-order valence-electron chi connectivity index (χ3n) is 4.56. The molecule has 1 aliphatic heterocycles. The van der Waals surface area contributed by atoms with Gasteiger partial charge in [0.1, 0.15) is 23.3 Å². The van der Waals surface area contributed by atoms with E-state index in [0.29, 0.717) is 23.2 Å². The van der Waals surface area contributed by atoms with Crippen LogP contribution in [0.5, 0.6) is 11.6 Å². The lowest BCUT2D eigenvalue weighted by Gasteiger charge is -2.14. The largest absolute Gasteiger partial charge is 0.497 e. The molecule has 3 aromatic rings. The Kier molecular flexibility index (Phi) is 5.16. The fraction of sp³-hybridized carbons (Fsp3) is 0.389. The van der Waals surface area contributed by atoms with Crippen LogP contribution in [0.1, 0.15) is 24.6 Å². The molecule has 10 heteroatoms. The molecule has 1 aliphatic rings. The van der Waals surface area contributed by atoms with Gasteiger partial charge in [-0.25, -0.2) is 0 Å². The maximum atomic E-state index is 12.6. The molecule has 0 amide bonds. The zero-order valence-electron chi connectivity index (χ0n) is 15.2. The van der Waals surface area contributed by atoms with Crippen LogP contribution in [0.2, 0.25) is 0 Å². The van der Waals surface area contributed by atoms with Gasteiger partial charge in [-0.2, -0.15) is 9.97 Å². The van der Waals surface area contributed by atoms with Gasteiger partial charge in [0.2, 0.25) is 11.8 Å². The fourth-order valence-corrected chi connectivity index (χ4v) is 4.05. The highest BCUT2D eigenvalue weighted by Crippen LogP contribution is 2.33. The molecule has 0 bridgehead atoms. The number of methoxy groups -OCH3 is 1. The smallest absolute Gasteiger partial charge is 0.311 e. The standard InChI is InChI=1S/C18H20N4O5S/c1-25-11-4-2-10(3-5-11)9-26-16-14-15(20-17(19)21-16)22(18(24)28-14)13-7-6-12(8-23)27-13/h2-5,12-13,23H,6-9H2,1H3,(H2,19,20,21)/t12-,13+/m0/s1. The number of fused-ring (bicyclic) bond motifs is 1. The van der Waals surface area contributed by atoms with E-state index >= 15 is 0 Å². The van der Waals surface area contributed by atoms with Crippen LogP contribution in [-0.4, -0.2) is 39.5 Å². The molecule has 1 aromatic carbocycles. The quantitative estimate of drug-likeness (QED) is 0.637. The number of nitrogens with zero attached hydrogens (tertiary/aromatic N) is 3. The molecule has 0 saturated carbocycles. The van der Waals surface area contributed by atoms with Gasteiger partial charge in [0.05, 0.1) is 19.8 Å². The van der Waals surface area contributed by atoms with E-state index in [2.05, 4.69) is 9.97 Å². The summed E-state index contributed by atoms with van der Waals surface area (Å²) in [5, 5.41) is 9.28. The molecular formula is C18H20N4O5S. The predicted octanol–water partition coefficient (Wildman–Crippen LogP) is 1.69. The number of hydrogen-bond acceptors (Lipinski definition) is 9. The van der Waals surface area contributed by atoms with Gasteiger partial charge >= 0.3 is 4.87 Å². The molecule has 0 unspecified atom stereocenters. The van der Waals surface area contributed by atoms with Crippen LogP contribution in [0.3, 0.4) is 0 Å². The van der Waals surface area contributed by atoms with Crippen LogP contribution >= 0.6 is 11.3 Å². The fourth-order valence-electron chi connectivity index (χ4n) is 3.15. The van der Waals surface area contributed by atoms with Crippen molar-refractivity contribution in [3.8, 4) is 11.6 Å². The summed E-state index contributed by atoms with van der Waals surface area (Å²) in [6.07, 6.45) is 0.522. The second kappa shape index (κ2) is 7.74. The van der Waals surface area contributed by atoms with Crippen LogP contribution < -0.4 is 20.1 Å². The molecule has 2 atom stereocenters. The Morgan fingerprint density at radius 2 is 2.11 bits per heavy atom. The lowest BCUT2D eigenvalue weighted by molar-refractivity contribution is -0.0214. The summed E-state index contributed by atoms with van der Waals surface area (Å²) in [5.74, 6) is 1.03. The van der Waals surface area contributed by atoms with Crippen LogP contribution in [-0.2, 0) is 11.3 Å². The van der Waals surface area contributed by atoms with E-state index in [1.807, 2.05) is 24.3 Å². The molecule has 3 N–H and O–H groups in total. The highest BCUT2D eigenvalue weighted by molar-refractivity contribution is 7.16. The van der Waals surface area contributed by atoms with Crippen molar-refractivity contribution in [3.05, 3.63) is 39.5 Å². The van der Waals surface area contributed by atoms with Crippen molar-refractivity contribution in [2.75, 3.05) is 19.5 Å². The minimum Gasteiger partial charge on any atom is -0.497 e. The predicted molar refractivity (Wildman–Crippen MR) is 104 cm³/mol. The first-order chi connectivity index (χ1) is 13.6. The summed E-state index contributed by atoms with van der Waals surface area (Å²) in [4.78, 5) is 20.8.